The molecule has 21 heavy (non-hydrogen) atoms. The molecular weight excluding hydrogens is 322 g/mol. The summed E-state index contributed by atoms with van der Waals surface area (Å²) in [6, 6.07) is 1.90. The SMILES string of the molecule is CCCc1nc(CSc2nc3ccsc3c(=O)n2C)cs1. The second kappa shape index (κ2) is 6.29. The van der Waals surface area contributed by atoms with Crippen molar-refractivity contribution in [2.24, 2.45) is 7.05 Å². The van der Waals surface area contributed by atoms with Gasteiger partial charge in [0.05, 0.1) is 16.2 Å². The molecule has 0 atom stereocenters. The van der Waals surface area contributed by atoms with Crippen molar-refractivity contribution in [1.82, 2.24) is 14.5 Å². The van der Waals surface area contributed by atoms with E-state index >= 15 is 0 Å². The fourth-order valence-corrected chi connectivity index (χ4v) is 4.65. The maximum atomic E-state index is 12.2. The number of hydrogen-bond donors (Lipinski definition) is 0. The van der Waals surface area contributed by atoms with Gasteiger partial charge in [-0.25, -0.2) is 9.97 Å². The van der Waals surface area contributed by atoms with Gasteiger partial charge < -0.3 is 0 Å². The van der Waals surface area contributed by atoms with Crippen molar-refractivity contribution in [3.05, 3.63) is 37.9 Å². The predicted molar refractivity (Wildman–Crippen MR) is 90.5 cm³/mol. The smallest absolute Gasteiger partial charge is 0.271 e. The molecule has 110 valence electrons. The number of aromatic nitrogens is 3. The molecule has 3 aromatic rings. The fourth-order valence-electron chi connectivity index (χ4n) is 1.98. The van der Waals surface area contributed by atoms with E-state index in [-0.39, 0.29) is 5.56 Å². The van der Waals surface area contributed by atoms with E-state index in [0.717, 1.165) is 39.7 Å². The van der Waals surface area contributed by atoms with Gasteiger partial charge in [-0.05, 0) is 24.3 Å². The Kier molecular flexibility index (Phi) is 4.42. The third-order valence-corrected chi connectivity index (χ3v) is 5.97. The second-order valence-electron chi connectivity index (χ2n) is 4.66. The molecule has 0 aromatic carbocycles. The monoisotopic (exact) mass is 337 g/mol. The third-order valence-electron chi connectivity index (χ3n) is 3.06. The zero-order chi connectivity index (χ0) is 14.8. The molecule has 0 amide bonds. The standard InChI is InChI=1S/C14H15N3OS3/c1-3-4-11-15-9(7-20-11)8-21-14-16-10-5-6-19-12(10)13(18)17(14)2/h5-7H,3-4,8H2,1-2H3. The number of rotatable bonds is 5. The number of aryl methyl sites for hydroxylation is 1. The van der Waals surface area contributed by atoms with Gasteiger partial charge in [0, 0.05) is 18.2 Å². The summed E-state index contributed by atoms with van der Waals surface area (Å²) in [4.78, 5) is 21.4. The van der Waals surface area contributed by atoms with Crippen LogP contribution in [0.25, 0.3) is 10.2 Å². The topological polar surface area (TPSA) is 47.8 Å². The highest BCUT2D eigenvalue weighted by atomic mass is 32.2. The van der Waals surface area contributed by atoms with Gasteiger partial charge >= 0.3 is 0 Å². The maximum Gasteiger partial charge on any atom is 0.271 e. The lowest BCUT2D eigenvalue weighted by Crippen LogP contribution is -2.18. The van der Waals surface area contributed by atoms with Crippen LogP contribution in [0.2, 0.25) is 0 Å². The van der Waals surface area contributed by atoms with Crippen LogP contribution in [0.5, 0.6) is 0 Å². The second-order valence-corrected chi connectivity index (χ2v) is 7.47. The van der Waals surface area contributed by atoms with E-state index in [4.69, 9.17) is 0 Å². The predicted octanol–water partition coefficient (Wildman–Crippen LogP) is 3.70. The lowest BCUT2D eigenvalue weighted by atomic mass is 10.3. The largest absolute Gasteiger partial charge is 0.290 e. The first-order valence-corrected chi connectivity index (χ1v) is 9.44. The number of thioether (sulfide) groups is 1. The molecule has 3 rings (SSSR count). The maximum absolute atomic E-state index is 12.2. The number of thiazole rings is 1. The van der Waals surface area contributed by atoms with Crippen molar-refractivity contribution in [3.8, 4) is 0 Å². The molecule has 0 fully saturated rings. The van der Waals surface area contributed by atoms with Crippen LogP contribution < -0.4 is 5.56 Å². The molecule has 0 unspecified atom stereocenters. The van der Waals surface area contributed by atoms with Crippen molar-refractivity contribution >= 4 is 44.7 Å². The van der Waals surface area contributed by atoms with Gasteiger partial charge in [0.1, 0.15) is 4.70 Å². The minimum atomic E-state index is 0.0300. The molecule has 0 aliphatic heterocycles. The van der Waals surface area contributed by atoms with Crippen molar-refractivity contribution in [3.63, 3.8) is 0 Å². The van der Waals surface area contributed by atoms with Crippen LogP contribution in [0.1, 0.15) is 24.0 Å². The average Bonchev–Trinajstić information content (AvgIpc) is 3.11. The van der Waals surface area contributed by atoms with E-state index in [1.165, 1.54) is 16.3 Å². The molecular formula is C14H15N3OS3. The number of nitrogens with zero attached hydrogens (tertiary/aromatic N) is 3. The molecule has 0 aliphatic carbocycles. The zero-order valence-corrected chi connectivity index (χ0v) is 14.3. The Bertz CT molecular complexity index is 818. The van der Waals surface area contributed by atoms with Crippen LogP contribution in [0.15, 0.2) is 26.8 Å². The van der Waals surface area contributed by atoms with Crippen LogP contribution in [-0.2, 0) is 19.2 Å². The Morgan fingerprint density at radius 1 is 1.33 bits per heavy atom. The molecule has 7 heteroatoms. The highest BCUT2D eigenvalue weighted by Crippen LogP contribution is 2.24. The van der Waals surface area contributed by atoms with Crippen LogP contribution >= 0.6 is 34.4 Å². The quantitative estimate of drug-likeness (QED) is 0.526. The summed E-state index contributed by atoms with van der Waals surface area (Å²) in [5, 5.41) is 5.93. The summed E-state index contributed by atoms with van der Waals surface area (Å²) in [6.45, 7) is 2.16. The number of thiophene rings is 1. The van der Waals surface area contributed by atoms with E-state index in [9.17, 15) is 4.79 Å². The van der Waals surface area contributed by atoms with Gasteiger partial charge in [-0.3, -0.25) is 9.36 Å². The van der Waals surface area contributed by atoms with Gasteiger partial charge in [-0.15, -0.1) is 22.7 Å². The summed E-state index contributed by atoms with van der Waals surface area (Å²) in [7, 11) is 1.78. The van der Waals surface area contributed by atoms with Gasteiger partial charge in [0.2, 0.25) is 0 Å². The molecule has 3 aromatic heterocycles. The average molecular weight is 337 g/mol. The Balaban J connectivity index is 1.81. The first-order chi connectivity index (χ1) is 10.2. The molecule has 0 bridgehead atoms. The van der Waals surface area contributed by atoms with Gasteiger partial charge in [-0.2, -0.15) is 0 Å². The van der Waals surface area contributed by atoms with E-state index in [0.29, 0.717) is 0 Å². The Hall–Kier alpha value is -1.18. The Morgan fingerprint density at radius 3 is 3.00 bits per heavy atom. The van der Waals surface area contributed by atoms with Gasteiger partial charge in [0.25, 0.3) is 5.56 Å². The molecule has 0 spiro atoms. The molecule has 3 heterocycles. The van der Waals surface area contributed by atoms with Crippen molar-refractivity contribution in [2.45, 2.75) is 30.7 Å². The Morgan fingerprint density at radius 2 is 2.19 bits per heavy atom. The lowest BCUT2D eigenvalue weighted by molar-refractivity contribution is 0.727. The number of hydrogen-bond acceptors (Lipinski definition) is 6. The highest BCUT2D eigenvalue weighted by molar-refractivity contribution is 7.98. The van der Waals surface area contributed by atoms with Crippen LogP contribution in [0, 0.1) is 0 Å². The first-order valence-electron chi connectivity index (χ1n) is 6.69. The lowest BCUT2D eigenvalue weighted by Gasteiger charge is -2.05. The molecule has 0 saturated carbocycles. The van der Waals surface area contributed by atoms with Crippen molar-refractivity contribution in [1.29, 1.82) is 0 Å². The normalized spacial score (nSPS) is 11.3. The molecule has 0 aliphatic rings. The van der Waals surface area contributed by atoms with E-state index in [2.05, 4.69) is 22.3 Å². The first kappa shape index (κ1) is 14.7. The summed E-state index contributed by atoms with van der Waals surface area (Å²) >= 11 is 4.72. The van der Waals surface area contributed by atoms with Crippen LogP contribution in [0.3, 0.4) is 0 Å². The molecule has 4 nitrogen and oxygen atoms in total. The summed E-state index contributed by atoms with van der Waals surface area (Å²) in [5.74, 6) is 0.746. The molecule has 0 radical (unpaired) electrons. The summed E-state index contributed by atoms with van der Waals surface area (Å²) in [6.07, 6.45) is 2.15. The minimum Gasteiger partial charge on any atom is -0.290 e. The van der Waals surface area contributed by atoms with E-state index in [1.54, 1.807) is 34.7 Å². The molecule has 0 N–H and O–H groups in total. The fraction of sp³-hybridized carbons (Fsp3) is 0.357. The summed E-state index contributed by atoms with van der Waals surface area (Å²) in [5.41, 5.74) is 1.88. The minimum absolute atomic E-state index is 0.0300. The van der Waals surface area contributed by atoms with Crippen LogP contribution in [-0.4, -0.2) is 14.5 Å². The third kappa shape index (κ3) is 3.04. The zero-order valence-electron chi connectivity index (χ0n) is 11.8. The highest BCUT2D eigenvalue weighted by Gasteiger charge is 2.10. The van der Waals surface area contributed by atoms with Crippen molar-refractivity contribution in [2.75, 3.05) is 0 Å². The Labute approximate surface area is 134 Å². The van der Waals surface area contributed by atoms with Gasteiger partial charge in [0.15, 0.2) is 5.16 Å². The molecule has 0 saturated heterocycles. The number of fused-ring (bicyclic) bond motifs is 1. The van der Waals surface area contributed by atoms with E-state index < -0.39 is 0 Å². The van der Waals surface area contributed by atoms with Crippen LogP contribution in [0.4, 0.5) is 0 Å². The van der Waals surface area contributed by atoms with E-state index in [1.807, 2.05) is 11.4 Å². The summed E-state index contributed by atoms with van der Waals surface area (Å²) < 4.78 is 2.35. The van der Waals surface area contributed by atoms with Gasteiger partial charge in [-0.1, -0.05) is 18.7 Å². The van der Waals surface area contributed by atoms with Crippen molar-refractivity contribution < 1.29 is 0 Å².